The molecule has 2 saturated carbocycles. The van der Waals surface area contributed by atoms with Gasteiger partial charge in [-0.15, -0.1) is 0 Å². The van der Waals surface area contributed by atoms with E-state index < -0.39 is 0 Å². The molecule has 3 unspecified atom stereocenters. The zero-order chi connectivity index (χ0) is 9.09. The summed E-state index contributed by atoms with van der Waals surface area (Å²) in [4.78, 5) is 22.9. The third kappa shape index (κ3) is 0.621. The van der Waals surface area contributed by atoms with E-state index in [0.29, 0.717) is 11.8 Å². The minimum atomic E-state index is -0.226. The lowest BCUT2D eigenvalue weighted by Crippen LogP contribution is -2.25. The SMILES string of the molecule is CC1C(=O)C(=O)C2(C(C)C)CC12. The molecule has 2 rings (SSSR count). The standard InChI is InChI=1S/C10H14O2/c1-5(2)10-4-7(10)6(3)8(11)9(10)12/h5-7H,4H2,1-3H3. The summed E-state index contributed by atoms with van der Waals surface area (Å²) in [6.45, 7) is 5.98. The van der Waals surface area contributed by atoms with Crippen LogP contribution in [0.25, 0.3) is 0 Å². The van der Waals surface area contributed by atoms with Crippen LogP contribution in [0.2, 0.25) is 0 Å². The first-order valence-electron chi connectivity index (χ1n) is 4.60. The molecule has 2 nitrogen and oxygen atoms in total. The predicted octanol–water partition coefficient (Wildman–Crippen LogP) is 1.44. The second-order valence-corrected chi connectivity index (χ2v) is 4.49. The van der Waals surface area contributed by atoms with Gasteiger partial charge >= 0.3 is 0 Å². The zero-order valence-electron chi connectivity index (χ0n) is 7.76. The molecule has 2 aliphatic rings. The zero-order valence-corrected chi connectivity index (χ0v) is 7.76. The smallest absolute Gasteiger partial charge is 0.205 e. The van der Waals surface area contributed by atoms with Crippen molar-refractivity contribution in [2.24, 2.45) is 23.2 Å². The number of hydrogen-bond donors (Lipinski definition) is 0. The molecule has 0 spiro atoms. The maximum absolute atomic E-state index is 11.6. The molecule has 66 valence electrons. The number of fused-ring (bicyclic) bond motifs is 1. The number of carbonyl (C=O) groups excluding carboxylic acids is 2. The fourth-order valence-corrected chi connectivity index (χ4v) is 2.73. The lowest BCUT2D eigenvalue weighted by Gasteiger charge is -2.13. The molecule has 3 atom stereocenters. The van der Waals surface area contributed by atoms with Crippen molar-refractivity contribution in [2.75, 3.05) is 0 Å². The van der Waals surface area contributed by atoms with Gasteiger partial charge in [0.05, 0.1) is 0 Å². The van der Waals surface area contributed by atoms with Gasteiger partial charge in [0.25, 0.3) is 0 Å². The van der Waals surface area contributed by atoms with Crippen LogP contribution in [-0.2, 0) is 9.59 Å². The lowest BCUT2D eigenvalue weighted by atomic mass is 9.89. The summed E-state index contributed by atoms with van der Waals surface area (Å²) in [5.41, 5.74) is -0.226. The van der Waals surface area contributed by atoms with Gasteiger partial charge in [-0.1, -0.05) is 20.8 Å². The summed E-state index contributed by atoms with van der Waals surface area (Å²) in [6, 6.07) is 0. The first kappa shape index (κ1) is 7.96. The van der Waals surface area contributed by atoms with Gasteiger partial charge in [0.2, 0.25) is 11.6 Å². The van der Waals surface area contributed by atoms with Gasteiger partial charge in [-0.05, 0) is 18.3 Å². The summed E-state index contributed by atoms with van der Waals surface area (Å²) in [5, 5.41) is 0. The van der Waals surface area contributed by atoms with Crippen LogP contribution < -0.4 is 0 Å². The Hall–Kier alpha value is -0.660. The van der Waals surface area contributed by atoms with Crippen LogP contribution >= 0.6 is 0 Å². The number of rotatable bonds is 1. The van der Waals surface area contributed by atoms with Crippen LogP contribution in [0.5, 0.6) is 0 Å². The van der Waals surface area contributed by atoms with Crippen molar-refractivity contribution in [3.63, 3.8) is 0 Å². The van der Waals surface area contributed by atoms with E-state index in [4.69, 9.17) is 0 Å². The maximum Gasteiger partial charge on any atom is 0.205 e. The van der Waals surface area contributed by atoms with E-state index in [1.165, 1.54) is 0 Å². The molecule has 0 aromatic rings. The van der Waals surface area contributed by atoms with Gasteiger partial charge in [-0.2, -0.15) is 0 Å². The second-order valence-electron chi connectivity index (χ2n) is 4.49. The molecule has 0 amide bonds. The normalized spacial score (nSPS) is 45.3. The van der Waals surface area contributed by atoms with Crippen molar-refractivity contribution in [1.82, 2.24) is 0 Å². The molecule has 2 heteroatoms. The first-order chi connectivity index (χ1) is 5.51. The van der Waals surface area contributed by atoms with E-state index in [2.05, 4.69) is 0 Å². The summed E-state index contributed by atoms with van der Waals surface area (Å²) in [5.74, 6) is 0.497. The van der Waals surface area contributed by atoms with Crippen molar-refractivity contribution < 1.29 is 9.59 Å². The summed E-state index contributed by atoms with van der Waals surface area (Å²) < 4.78 is 0. The molecule has 0 heterocycles. The summed E-state index contributed by atoms with van der Waals surface area (Å²) >= 11 is 0. The lowest BCUT2D eigenvalue weighted by molar-refractivity contribution is -0.139. The number of Topliss-reactive ketones (excluding diaryl/α,β-unsaturated/α-hetero) is 2. The fourth-order valence-electron chi connectivity index (χ4n) is 2.73. The molecule has 12 heavy (non-hydrogen) atoms. The monoisotopic (exact) mass is 166 g/mol. The third-order valence-electron chi connectivity index (χ3n) is 3.75. The van der Waals surface area contributed by atoms with Gasteiger partial charge in [0.15, 0.2) is 0 Å². The minimum Gasteiger partial charge on any atom is -0.291 e. The highest BCUT2D eigenvalue weighted by molar-refractivity contribution is 6.43. The molecule has 0 bridgehead atoms. The van der Waals surface area contributed by atoms with E-state index in [-0.39, 0.29) is 22.9 Å². The van der Waals surface area contributed by atoms with Gasteiger partial charge in [-0.25, -0.2) is 0 Å². The highest BCUT2D eigenvalue weighted by Gasteiger charge is 2.71. The average molecular weight is 166 g/mol. The van der Waals surface area contributed by atoms with Crippen molar-refractivity contribution in [3.8, 4) is 0 Å². The van der Waals surface area contributed by atoms with E-state index in [1.807, 2.05) is 20.8 Å². The van der Waals surface area contributed by atoms with Crippen molar-refractivity contribution in [2.45, 2.75) is 27.2 Å². The Morgan fingerprint density at radius 3 is 2.25 bits per heavy atom. The second kappa shape index (κ2) is 1.98. The van der Waals surface area contributed by atoms with Crippen LogP contribution in [0.1, 0.15) is 27.2 Å². The number of carbonyl (C=O) groups is 2. The Kier molecular flexibility index (Phi) is 1.31. The quantitative estimate of drug-likeness (QED) is 0.552. The van der Waals surface area contributed by atoms with E-state index in [9.17, 15) is 9.59 Å². The average Bonchev–Trinajstić information content (AvgIpc) is 2.71. The Bertz CT molecular complexity index is 267. The van der Waals surface area contributed by atoms with Crippen LogP contribution in [0.3, 0.4) is 0 Å². The predicted molar refractivity (Wildman–Crippen MR) is 44.6 cm³/mol. The Balaban J connectivity index is 2.36. The van der Waals surface area contributed by atoms with E-state index in [1.54, 1.807) is 0 Å². The van der Waals surface area contributed by atoms with Crippen molar-refractivity contribution in [1.29, 1.82) is 0 Å². The molecular weight excluding hydrogens is 152 g/mol. The van der Waals surface area contributed by atoms with Crippen LogP contribution in [0, 0.1) is 23.2 Å². The van der Waals surface area contributed by atoms with Crippen LogP contribution in [0.15, 0.2) is 0 Å². The summed E-state index contributed by atoms with van der Waals surface area (Å²) in [6.07, 6.45) is 0.955. The molecule has 0 saturated heterocycles. The Morgan fingerprint density at radius 1 is 1.42 bits per heavy atom. The Labute approximate surface area is 72.3 Å². The number of hydrogen-bond acceptors (Lipinski definition) is 2. The fraction of sp³-hybridized carbons (Fsp3) is 0.800. The molecule has 0 aliphatic heterocycles. The maximum atomic E-state index is 11.6. The largest absolute Gasteiger partial charge is 0.291 e. The summed E-state index contributed by atoms with van der Waals surface area (Å²) in [7, 11) is 0. The molecule has 0 N–H and O–H groups in total. The van der Waals surface area contributed by atoms with Gasteiger partial charge in [-0.3, -0.25) is 9.59 Å². The highest BCUT2D eigenvalue weighted by atomic mass is 16.2. The molecule has 2 aliphatic carbocycles. The van der Waals surface area contributed by atoms with Gasteiger partial charge < -0.3 is 0 Å². The van der Waals surface area contributed by atoms with Gasteiger partial charge in [0, 0.05) is 11.3 Å². The van der Waals surface area contributed by atoms with Crippen molar-refractivity contribution >= 4 is 11.6 Å². The molecule has 2 fully saturated rings. The van der Waals surface area contributed by atoms with Crippen LogP contribution in [-0.4, -0.2) is 11.6 Å². The molecular formula is C10H14O2. The van der Waals surface area contributed by atoms with E-state index >= 15 is 0 Å². The first-order valence-corrected chi connectivity index (χ1v) is 4.60. The minimum absolute atomic E-state index is 0.0000926. The molecule has 0 aromatic heterocycles. The molecule has 0 aromatic carbocycles. The highest BCUT2D eigenvalue weighted by Crippen LogP contribution is 2.66. The van der Waals surface area contributed by atoms with Crippen molar-refractivity contribution in [3.05, 3.63) is 0 Å². The molecule has 0 radical (unpaired) electrons. The topological polar surface area (TPSA) is 34.1 Å². The third-order valence-corrected chi connectivity index (χ3v) is 3.75. The van der Waals surface area contributed by atoms with E-state index in [0.717, 1.165) is 6.42 Å². The van der Waals surface area contributed by atoms with Gasteiger partial charge in [0.1, 0.15) is 0 Å². The van der Waals surface area contributed by atoms with Crippen LogP contribution in [0.4, 0.5) is 0 Å². The Morgan fingerprint density at radius 2 is 2.00 bits per heavy atom. The number of ketones is 2.